The van der Waals surface area contributed by atoms with E-state index in [0.29, 0.717) is 26.5 Å². The van der Waals surface area contributed by atoms with E-state index in [9.17, 15) is 9.59 Å². The van der Waals surface area contributed by atoms with Crippen molar-refractivity contribution in [2.45, 2.75) is 4.34 Å². The normalized spacial score (nSPS) is 10.7. The maximum atomic E-state index is 12.8. The van der Waals surface area contributed by atoms with Crippen molar-refractivity contribution in [1.29, 1.82) is 0 Å². The van der Waals surface area contributed by atoms with Crippen LogP contribution in [0, 0.1) is 0 Å². The van der Waals surface area contributed by atoms with Crippen LogP contribution in [0.4, 0.5) is 10.8 Å². The van der Waals surface area contributed by atoms with Crippen molar-refractivity contribution in [2.75, 3.05) is 23.5 Å². The summed E-state index contributed by atoms with van der Waals surface area (Å²) in [5.41, 5.74) is 1.12. The number of thioether (sulfide) groups is 1. The average molecular weight is 529 g/mol. The Balaban J connectivity index is 1.38. The van der Waals surface area contributed by atoms with Gasteiger partial charge in [-0.2, -0.15) is 0 Å². The second-order valence-electron chi connectivity index (χ2n) is 6.54. The first-order chi connectivity index (χ1) is 15.5. The number of hydrogen-bond donors (Lipinski definition) is 2. The summed E-state index contributed by atoms with van der Waals surface area (Å²) in [5, 5.41) is 15.8. The smallest absolute Gasteiger partial charge is 0.261 e. The molecule has 0 radical (unpaired) electrons. The van der Waals surface area contributed by atoms with E-state index in [2.05, 4.69) is 36.8 Å². The fraction of sp³-hybridized carbons (Fsp3) is 0.0909. The number of fused-ring (bicyclic) bond motifs is 1. The molecule has 0 spiro atoms. The van der Waals surface area contributed by atoms with E-state index in [1.165, 1.54) is 30.2 Å². The van der Waals surface area contributed by atoms with Crippen molar-refractivity contribution < 1.29 is 14.3 Å². The van der Waals surface area contributed by atoms with Gasteiger partial charge in [0, 0.05) is 15.5 Å². The quantitative estimate of drug-likeness (QED) is 0.245. The summed E-state index contributed by atoms with van der Waals surface area (Å²) in [7, 11) is 1.54. The van der Waals surface area contributed by atoms with E-state index in [0.717, 1.165) is 15.2 Å². The predicted octanol–water partition coefficient (Wildman–Crippen LogP) is 5.45. The highest BCUT2D eigenvalue weighted by atomic mass is 79.9. The molecule has 32 heavy (non-hydrogen) atoms. The second kappa shape index (κ2) is 10.1. The largest absolute Gasteiger partial charge is 0.495 e. The molecule has 4 rings (SSSR count). The molecule has 10 heteroatoms. The van der Waals surface area contributed by atoms with E-state index in [4.69, 9.17) is 4.74 Å². The van der Waals surface area contributed by atoms with Gasteiger partial charge >= 0.3 is 0 Å². The highest BCUT2D eigenvalue weighted by Gasteiger charge is 2.17. The lowest BCUT2D eigenvalue weighted by Crippen LogP contribution is -2.13. The molecular weight excluding hydrogens is 512 g/mol. The molecule has 0 saturated heterocycles. The van der Waals surface area contributed by atoms with Gasteiger partial charge in [0.1, 0.15) is 5.75 Å². The van der Waals surface area contributed by atoms with Gasteiger partial charge in [0.15, 0.2) is 4.34 Å². The maximum absolute atomic E-state index is 12.8. The number of methoxy groups -OCH3 is 1. The summed E-state index contributed by atoms with van der Waals surface area (Å²) in [4.78, 5) is 25.0. The van der Waals surface area contributed by atoms with Crippen LogP contribution in [-0.2, 0) is 4.79 Å². The van der Waals surface area contributed by atoms with Gasteiger partial charge in [0.2, 0.25) is 11.0 Å². The lowest BCUT2D eigenvalue weighted by Gasteiger charge is -2.11. The van der Waals surface area contributed by atoms with Crippen LogP contribution < -0.4 is 15.4 Å². The van der Waals surface area contributed by atoms with Gasteiger partial charge in [-0.15, -0.1) is 10.2 Å². The monoisotopic (exact) mass is 528 g/mol. The summed E-state index contributed by atoms with van der Waals surface area (Å²) in [6, 6.07) is 18.6. The number of ether oxygens (including phenoxy) is 1. The highest BCUT2D eigenvalue weighted by Crippen LogP contribution is 2.31. The SMILES string of the molecule is COc1c(C(=O)Nc2nnc(SCC(=O)Nc3ccc(Br)cc3)s2)ccc2ccccc12. The van der Waals surface area contributed by atoms with Crippen molar-refractivity contribution in [3.63, 3.8) is 0 Å². The van der Waals surface area contributed by atoms with Crippen LogP contribution in [0.25, 0.3) is 10.8 Å². The Hall–Kier alpha value is -2.95. The molecule has 4 aromatic rings. The Labute approximate surface area is 200 Å². The van der Waals surface area contributed by atoms with E-state index >= 15 is 0 Å². The second-order valence-corrected chi connectivity index (χ2v) is 9.65. The molecule has 3 aromatic carbocycles. The van der Waals surface area contributed by atoms with Crippen LogP contribution in [0.5, 0.6) is 5.75 Å². The molecule has 0 bridgehead atoms. The molecular formula is C22H17BrN4O3S2. The minimum absolute atomic E-state index is 0.154. The molecule has 162 valence electrons. The van der Waals surface area contributed by atoms with Gasteiger partial charge < -0.3 is 10.1 Å². The zero-order chi connectivity index (χ0) is 22.5. The number of rotatable bonds is 7. The third kappa shape index (κ3) is 5.26. The number of carbonyl (C=O) groups is 2. The topological polar surface area (TPSA) is 93.2 Å². The van der Waals surface area contributed by atoms with Crippen LogP contribution in [0.3, 0.4) is 0 Å². The van der Waals surface area contributed by atoms with Gasteiger partial charge in [-0.05, 0) is 35.7 Å². The van der Waals surface area contributed by atoms with E-state index in [1.807, 2.05) is 54.6 Å². The number of amides is 2. The van der Waals surface area contributed by atoms with Crippen LogP contribution in [0.15, 0.2) is 69.5 Å². The predicted molar refractivity (Wildman–Crippen MR) is 132 cm³/mol. The number of hydrogen-bond acceptors (Lipinski definition) is 7. The van der Waals surface area contributed by atoms with Gasteiger partial charge in [-0.1, -0.05) is 69.4 Å². The minimum atomic E-state index is -0.340. The zero-order valence-corrected chi connectivity index (χ0v) is 20.0. The van der Waals surface area contributed by atoms with Crippen molar-refractivity contribution in [3.05, 3.63) is 70.7 Å². The molecule has 0 atom stereocenters. The number of aromatic nitrogens is 2. The number of anilines is 2. The number of halogens is 1. The molecule has 2 N–H and O–H groups in total. The Morgan fingerprint density at radius 1 is 1.03 bits per heavy atom. The highest BCUT2D eigenvalue weighted by molar-refractivity contribution is 9.10. The first-order valence-electron chi connectivity index (χ1n) is 9.42. The number of nitrogens with zero attached hydrogens (tertiary/aromatic N) is 2. The van der Waals surface area contributed by atoms with Crippen LogP contribution in [0.2, 0.25) is 0 Å². The molecule has 0 fully saturated rings. The molecule has 7 nitrogen and oxygen atoms in total. The molecule has 2 amide bonds. The number of nitrogens with one attached hydrogen (secondary N) is 2. The Kier molecular flexibility index (Phi) is 7.03. The lowest BCUT2D eigenvalue weighted by molar-refractivity contribution is -0.113. The van der Waals surface area contributed by atoms with E-state index in [-0.39, 0.29) is 17.6 Å². The number of carbonyl (C=O) groups excluding carboxylic acids is 2. The molecule has 0 aliphatic carbocycles. The molecule has 0 unspecified atom stereocenters. The standard InChI is InChI=1S/C22H17BrN4O3S2/c1-30-19-16-5-3-2-4-13(16)6-11-17(19)20(29)25-21-26-27-22(32-21)31-12-18(28)24-15-9-7-14(23)8-10-15/h2-11H,12H2,1H3,(H,24,28)(H,25,26,29). The van der Waals surface area contributed by atoms with Gasteiger partial charge in [-0.3, -0.25) is 14.9 Å². The van der Waals surface area contributed by atoms with Gasteiger partial charge in [-0.25, -0.2) is 0 Å². The fourth-order valence-corrected chi connectivity index (χ4v) is 4.79. The lowest BCUT2D eigenvalue weighted by atomic mass is 10.0. The zero-order valence-electron chi connectivity index (χ0n) is 16.8. The van der Waals surface area contributed by atoms with Crippen molar-refractivity contribution in [3.8, 4) is 5.75 Å². The Morgan fingerprint density at radius 3 is 2.59 bits per heavy atom. The summed E-state index contributed by atoms with van der Waals surface area (Å²) in [5.74, 6) is 0.188. The van der Waals surface area contributed by atoms with Crippen LogP contribution in [-0.4, -0.2) is 34.9 Å². The molecule has 0 aliphatic rings. The van der Waals surface area contributed by atoms with Crippen LogP contribution in [0.1, 0.15) is 10.4 Å². The summed E-state index contributed by atoms with van der Waals surface area (Å²) in [6.45, 7) is 0. The first kappa shape index (κ1) is 22.3. The third-order valence-corrected chi connectivity index (χ3v) is 6.91. The first-order valence-corrected chi connectivity index (χ1v) is 12.0. The minimum Gasteiger partial charge on any atom is -0.495 e. The van der Waals surface area contributed by atoms with Gasteiger partial charge in [0.25, 0.3) is 5.91 Å². The maximum Gasteiger partial charge on any atom is 0.261 e. The molecule has 1 heterocycles. The summed E-state index contributed by atoms with van der Waals surface area (Å²) >= 11 is 5.81. The van der Waals surface area contributed by atoms with Crippen molar-refractivity contribution in [2.24, 2.45) is 0 Å². The molecule has 1 aromatic heterocycles. The van der Waals surface area contributed by atoms with Gasteiger partial charge in [0.05, 0.1) is 18.4 Å². The average Bonchev–Trinajstić information content (AvgIpc) is 3.25. The summed E-state index contributed by atoms with van der Waals surface area (Å²) in [6.07, 6.45) is 0. The van der Waals surface area contributed by atoms with E-state index < -0.39 is 0 Å². The Bertz CT molecular complexity index is 1280. The van der Waals surface area contributed by atoms with Crippen molar-refractivity contribution in [1.82, 2.24) is 10.2 Å². The molecule has 0 saturated carbocycles. The fourth-order valence-electron chi connectivity index (χ4n) is 2.98. The summed E-state index contributed by atoms with van der Waals surface area (Å²) < 4.78 is 7.02. The van der Waals surface area contributed by atoms with E-state index in [1.54, 1.807) is 6.07 Å². The molecule has 0 aliphatic heterocycles. The Morgan fingerprint density at radius 2 is 1.81 bits per heavy atom. The third-order valence-electron chi connectivity index (χ3n) is 4.41. The number of benzene rings is 3. The van der Waals surface area contributed by atoms with Crippen LogP contribution >= 0.6 is 39.0 Å². The van der Waals surface area contributed by atoms with Crippen molar-refractivity contribution >= 4 is 72.4 Å².